The van der Waals surface area contributed by atoms with Gasteiger partial charge in [-0.25, -0.2) is 4.98 Å². The number of nitrogens with one attached hydrogen (secondary N) is 2. The Bertz CT molecular complexity index is 669. The molecule has 2 aromatic rings. The molecule has 1 aliphatic carbocycles. The maximum absolute atomic E-state index is 12.1. The molecular weight excluding hydrogens is 290 g/mol. The summed E-state index contributed by atoms with van der Waals surface area (Å²) in [5.74, 6) is 0.917. The maximum Gasteiger partial charge on any atom is 0.223 e. The second kappa shape index (κ2) is 6.71. The molecule has 0 bridgehead atoms. The first-order chi connectivity index (χ1) is 11.0. The number of aromatic nitrogens is 2. The summed E-state index contributed by atoms with van der Waals surface area (Å²) in [7, 11) is 0. The van der Waals surface area contributed by atoms with Gasteiger partial charge >= 0.3 is 0 Å². The second-order valence-electron chi connectivity index (χ2n) is 6.70. The topological polar surface area (TPSA) is 78.0 Å². The first-order valence-electron chi connectivity index (χ1n) is 8.44. The number of fused-ring (bicyclic) bond motifs is 1. The van der Waals surface area contributed by atoms with Gasteiger partial charge < -0.3 is 15.4 Å². The first kappa shape index (κ1) is 16.0. The Morgan fingerprint density at radius 2 is 2.13 bits per heavy atom. The highest BCUT2D eigenvalue weighted by molar-refractivity contribution is 5.79. The summed E-state index contributed by atoms with van der Waals surface area (Å²) in [5, 5.41) is 12.6. The first-order valence-corrected chi connectivity index (χ1v) is 8.44. The van der Waals surface area contributed by atoms with E-state index in [-0.39, 0.29) is 17.9 Å². The fraction of sp³-hybridized carbons (Fsp3) is 0.556. The lowest BCUT2D eigenvalue weighted by Crippen LogP contribution is -2.36. The van der Waals surface area contributed by atoms with Crippen LogP contribution in [0.3, 0.4) is 0 Å². The van der Waals surface area contributed by atoms with E-state index in [4.69, 9.17) is 0 Å². The van der Waals surface area contributed by atoms with Gasteiger partial charge in [-0.15, -0.1) is 0 Å². The van der Waals surface area contributed by atoms with Crippen molar-refractivity contribution in [3.8, 4) is 0 Å². The largest absolute Gasteiger partial charge is 0.393 e. The lowest BCUT2D eigenvalue weighted by Gasteiger charge is -2.24. The van der Waals surface area contributed by atoms with Crippen molar-refractivity contribution < 1.29 is 9.90 Å². The van der Waals surface area contributed by atoms with Crippen molar-refractivity contribution in [2.75, 3.05) is 6.54 Å². The Kier molecular flexibility index (Phi) is 4.66. The number of aliphatic hydroxyl groups excluding tert-OH is 1. The van der Waals surface area contributed by atoms with Gasteiger partial charge in [0.1, 0.15) is 5.82 Å². The molecule has 1 fully saturated rings. The number of imidazole rings is 1. The lowest BCUT2D eigenvalue weighted by molar-refractivity contribution is -0.127. The summed E-state index contributed by atoms with van der Waals surface area (Å²) in [5.41, 5.74) is 4.51. The molecule has 2 atom stereocenters. The Hall–Kier alpha value is -1.88. The van der Waals surface area contributed by atoms with Crippen molar-refractivity contribution in [3.05, 3.63) is 29.1 Å². The number of carbonyl (C=O) groups is 1. The van der Waals surface area contributed by atoms with Crippen LogP contribution in [0.4, 0.5) is 0 Å². The van der Waals surface area contributed by atoms with Gasteiger partial charge in [-0.3, -0.25) is 4.79 Å². The molecule has 3 N–H and O–H groups in total. The number of hydrogen-bond donors (Lipinski definition) is 3. The predicted molar refractivity (Wildman–Crippen MR) is 90.2 cm³/mol. The zero-order valence-corrected chi connectivity index (χ0v) is 13.9. The molecule has 1 aromatic carbocycles. The summed E-state index contributed by atoms with van der Waals surface area (Å²) in [6.45, 7) is 4.75. The van der Waals surface area contributed by atoms with E-state index < -0.39 is 0 Å². The number of amides is 1. The molecule has 0 radical (unpaired) electrons. The quantitative estimate of drug-likeness (QED) is 0.810. The van der Waals surface area contributed by atoms with Gasteiger partial charge in [0.15, 0.2) is 0 Å². The van der Waals surface area contributed by atoms with Crippen molar-refractivity contribution in [2.24, 2.45) is 5.92 Å². The molecule has 1 saturated carbocycles. The Balaban J connectivity index is 1.55. The molecule has 5 heteroatoms. The standard InChI is InChI=1S/C18H25N3O2/c1-11-8-15-16(9-12(11)2)21-17(20-15)6-7-19-18(23)13-4-3-5-14(22)10-13/h8-9,13-14,22H,3-7,10H2,1-2H3,(H,19,23)(H,20,21)/t13-,14+/m0/s1. The SMILES string of the molecule is Cc1cc2nc(CCNC(=O)[C@H]3CCC[C@@H](O)C3)[nH]c2cc1C. The molecule has 0 saturated heterocycles. The second-order valence-corrected chi connectivity index (χ2v) is 6.70. The van der Waals surface area contributed by atoms with Crippen molar-refractivity contribution in [2.45, 2.75) is 52.1 Å². The third-order valence-electron chi connectivity index (χ3n) is 4.82. The highest BCUT2D eigenvalue weighted by Gasteiger charge is 2.25. The van der Waals surface area contributed by atoms with Gasteiger partial charge in [0, 0.05) is 18.9 Å². The van der Waals surface area contributed by atoms with Crippen LogP contribution in [0.1, 0.15) is 42.6 Å². The molecular formula is C18H25N3O2. The number of aryl methyl sites for hydroxylation is 2. The number of benzene rings is 1. The van der Waals surface area contributed by atoms with Crippen LogP contribution >= 0.6 is 0 Å². The summed E-state index contributed by atoms with van der Waals surface area (Å²) in [4.78, 5) is 20.1. The predicted octanol–water partition coefficient (Wildman–Crippen LogP) is 2.39. The average Bonchev–Trinajstić information content (AvgIpc) is 2.89. The van der Waals surface area contributed by atoms with Crippen molar-refractivity contribution in [3.63, 3.8) is 0 Å². The smallest absolute Gasteiger partial charge is 0.223 e. The van der Waals surface area contributed by atoms with Gasteiger partial charge in [0.25, 0.3) is 0 Å². The van der Waals surface area contributed by atoms with E-state index in [0.29, 0.717) is 19.4 Å². The number of nitrogens with zero attached hydrogens (tertiary/aromatic N) is 1. The number of rotatable bonds is 4. The fourth-order valence-corrected chi connectivity index (χ4v) is 3.29. The van der Waals surface area contributed by atoms with E-state index in [9.17, 15) is 9.90 Å². The zero-order chi connectivity index (χ0) is 16.4. The molecule has 1 amide bonds. The van der Waals surface area contributed by atoms with Crippen LogP contribution in [0.2, 0.25) is 0 Å². The van der Waals surface area contributed by atoms with E-state index in [1.165, 1.54) is 11.1 Å². The van der Waals surface area contributed by atoms with Crippen LogP contribution in [0.25, 0.3) is 11.0 Å². The number of carbonyl (C=O) groups excluding carboxylic acids is 1. The van der Waals surface area contributed by atoms with Gasteiger partial charge in [0.05, 0.1) is 17.1 Å². The number of hydrogen-bond acceptors (Lipinski definition) is 3. The van der Waals surface area contributed by atoms with E-state index in [1.54, 1.807) is 0 Å². The van der Waals surface area contributed by atoms with Crippen LogP contribution in [0.5, 0.6) is 0 Å². The van der Waals surface area contributed by atoms with Crippen molar-refractivity contribution >= 4 is 16.9 Å². The number of H-pyrrole nitrogens is 1. The summed E-state index contributed by atoms with van der Waals surface area (Å²) < 4.78 is 0. The highest BCUT2D eigenvalue weighted by atomic mass is 16.3. The van der Waals surface area contributed by atoms with Crippen LogP contribution in [-0.4, -0.2) is 33.6 Å². The van der Waals surface area contributed by atoms with E-state index in [2.05, 4.69) is 41.3 Å². The van der Waals surface area contributed by atoms with E-state index in [0.717, 1.165) is 36.1 Å². The third-order valence-corrected chi connectivity index (χ3v) is 4.82. The van der Waals surface area contributed by atoms with Crippen LogP contribution in [0.15, 0.2) is 12.1 Å². The minimum absolute atomic E-state index is 0.0419. The number of aromatic amines is 1. The van der Waals surface area contributed by atoms with Crippen molar-refractivity contribution in [1.29, 1.82) is 0 Å². The molecule has 3 rings (SSSR count). The zero-order valence-electron chi connectivity index (χ0n) is 13.9. The molecule has 1 aliphatic rings. The van der Waals surface area contributed by atoms with Gasteiger partial charge in [-0.05, 0) is 56.4 Å². The molecule has 0 aliphatic heterocycles. The van der Waals surface area contributed by atoms with E-state index >= 15 is 0 Å². The van der Waals surface area contributed by atoms with Gasteiger partial charge in [0.2, 0.25) is 5.91 Å². The summed E-state index contributed by atoms with van der Waals surface area (Å²) >= 11 is 0. The fourth-order valence-electron chi connectivity index (χ4n) is 3.29. The minimum atomic E-state index is -0.318. The molecule has 23 heavy (non-hydrogen) atoms. The monoisotopic (exact) mass is 315 g/mol. The molecule has 1 heterocycles. The normalized spacial score (nSPS) is 21.5. The third kappa shape index (κ3) is 3.72. The summed E-state index contributed by atoms with van der Waals surface area (Å²) in [6, 6.07) is 4.20. The minimum Gasteiger partial charge on any atom is -0.393 e. The maximum atomic E-state index is 12.1. The van der Waals surface area contributed by atoms with Crippen LogP contribution in [-0.2, 0) is 11.2 Å². The van der Waals surface area contributed by atoms with Gasteiger partial charge in [-0.1, -0.05) is 6.42 Å². The average molecular weight is 315 g/mol. The molecule has 0 unspecified atom stereocenters. The highest BCUT2D eigenvalue weighted by Crippen LogP contribution is 2.24. The van der Waals surface area contributed by atoms with Crippen LogP contribution in [0, 0.1) is 19.8 Å². The molecule has 5 nitrogen and oxygen atoms in total. The van der Waals surface area contributed by atoms with Crippen LogP contribution < -0.4 is 5.32 Å². The van der Waals surface area contributed by atoms with E-state index in [1.807, 2.05) is 0 Å². The van der Waals surface area contributed by atoms with Crippen molar-refractivity contribution in [1.82, 2.24) is 15.3 Å². The molecule has 124 valence electrons. The summed E-state index contributed by atoms with van der Waals surface area (Å²) in [6.07, 6.45) is 3.60. The lowest BCUT2D eigenvalue weighted by atomic mass is 9.87. The Morgan fingerprint density at radius 1 is 1.35 bits per heavy atom. The molecule has 1 aromatic heterocycles. The van der Waals surface area contributed by atoms with Gasteiger partial charge in [-0.2, -0.15) is 0 Å². The number of aliphatic hydroxyl groups is 1. The Labute approximate surface area is 136 Å². The molecule has 0 spiro atoms. The Morgan fingerprint density at radius 3 is 2.91 bits per heavy atom.